The number of aliphatic hydroxyl groups excluding tert-OH is 1. The van der Waals surface area contributed by atoms with Gasteiger partial charge in [-0.2, -0.15) is 0 Å². The lowest BCUT2D eigenvalue weighted by Gasteiger charge is -2.24. The van der Waals surface area contributed by atoms with Crippen LogP contribution in [-0.2, 0) is 11.4 Å². The van der Waals surface area contributed by atoms with Gasteiger partial charge < -0.3 is 15.7 Å². The number of anilines is 1. The lowest BCUT2D eigenvalue weighted by molar-refractivity contribution is -0.119. The SMILES string of the molecule is NC(=O)C1CCCN1c1ncccc1CO. The maximum absolute atomic E-state index is 11.3. The summed E-state index contributed by atoms with van der Waals surface area (Å²) in [7, 11) is 0. The number of nitrogens with two attached hydrogens (primary N) is 1. The molecule has 2 heterocycles. The Morgan fingerprint density at radius 3 is 3.19 bits per heavy atom. The molecule has 0 bridgehead atoms. The van der Waals surface area contributed by atoms with E-state index >= 15 is 0 Å². The molecule has 0 aromatic carbocycles. The molecule has 2 rings (SSSR count). The average Bonchev–Trinajstić information content (AvgIpc) is 2.77. The molecule has 1 fully saturated rings. The van der Waals surface area contributed by atoms with Crippen LogP contribution in [0.1, 0.15) is 18.4 Å². The maximum Gasteiger partial charge on any atom is 0.240 e. The zero-order valence-corrected chi connectivity index (χ0v) is 8.97. The highest BCUT2D eigenvalue weighted by Crippen LogP contribution is 2.26. The van der Waals surface area contributed by atoms with Gasteiger partial charge in [0.1, 0.15) is 11.9 Å². The van der Waals surface area contributed by atoms with Crippen molar-refractivity contribution in [3.05, 3.63) is 23.9 Å². The van der Waals surface area contributed by atoms with E-state index in [-0.39, 0.29) is 18.6 Å². The molecule has 1 saturated heterocycles. The van der Waals surface area contributed by atoms with Crippen LogP contribution in [-0.4, -0.2) is 28.6 Å². The van der Waals surface area contributed by atoms with Crippen LogP contribution >= 0.6 is 0 Å². The lowest BCUT2D eigenvalue weighted by atomic mass is 10.2. The predicted octanol–water partition coefficient (Wildman–Crippen LogP) is 0.0280. The van der Waals surface area contributed by atoms with Crippen molar-refractivity contribution in [3.8, 4) is 0 Å². The Hall–Kier alpha value is -1.62. The van der Waals surface area contributed by atoms with Gasteiger partial charge in [0.2, 0.25) is 5.91 Å². The van der Waals surface area contributed by atoms with Crippen LogP contribution in [0.4, 0.5) is 5.82 Å². The summed E-state index contributed by atoms with van der Waals surface area (Å²) in [5.41, 5.74) is 6.08. The number of hydrogen-bond acceptors (Lipinski definition) is 4. The quantitative estimate of drug-likeness (QED) is 0.754. The van der Waals surface area contributed by atoms with Gasteiger partial charge in [0.25, 0.3) is 0 Å². The molecule has 0 spiro atoms. The van der Waals surface area contributed by atoms with Crippen molar-refractivity contribution < 1.29 is 9.90 Å². The monoisotopic (exact) mass is 221 g/mol. The number of carbonyl (C=O) groups is 1. The van der Waals surface area contributed by atoms with Gasteiger partial charge in [0.05, 0.1) is 6.61 Å². The molecular weight excluding hydrogens is 206 g/mol. The van der Waals surface area contributed by atoms with E-state index in [1.54, 1.807) is 18.3 Å². The van der Waals surface area contributed by atoms with Crippen molar-refractivity contribution in [2.75, 3.05) is 11.4 Å². The second kappa shape index (κ2) is 4.49. The van der Waals surface area contributed by atoms with Crippen molar-refractivity contribution in [1.29, 1.82) is 0 Å². The summed E-state index contributed by atoms with van der Waals surface area (Å²) < 4.78 is 0. The van der Waals surface area contributed by atoms with E-state index in [2.05, 4.69) is 4.98 Å². The largest absolute Gasteiger partial charge is 0.392 e. The highest BCUT2D eigenvalue weighted by atomic mass is 16.3. The van der Waals surface area contributed by atoms with E-state index in [9.17, 15) is 9.90 Å². The normalized spacial score (nSPS) is 20.1. The number of primary amides is 1. The minimum Gasteiger partial charge on any atom is -0.392 e. The fourth-order valence-corrected chi connectivity index (χ4v) is 2.13. The van der Waals surface area contributed by atoms with E-state index in [1.165, 1.54) is 0 Å². The van der Waals surface area contributed by atoms with Gasteiger partial charge in [-0.15, -0.1) is 0 Å². The fourth-order valence-electron chi connectivity index (χ4n) is 2.13. The minimum atomic E-state index is -0.327. The van der Waals surface area contributed by atoms with Gasteiger partial charge in [-0.3, -0.25) is 4.79 Å². The third-order valence-electron chi connectivity index (χ3n) is 2.89. The molecule has 1 amide bonds. The van der Waals surface area contributed by atoms with Gasteiger partial charge >= 0.3 is 0 Å². The summed E-state index contributed by atoms with van der Waals surface area (Å²) in [4.78, 5) is 17.4. The lowest BCUT2D eigenvalue weighted by Crippen LogP contribution is -2.41. The zero-order chi connectivity index (χ0) is 11.5. The Bertz CT molecular complexity index is 395. The van der Waals surface area contributed by atoms with Crippen LogP contribution in [0.25, 0.3) is 0 Å². The smallest absolute Gasteiger partial charge is 0.240 e. The molecule has 3 N–H and O–H groups in total. The third-order valence-corrected chi connectivity index (χ3v) is 2.89. The van der Waals surface area contributed by atoms with E-state index in [0.29, 0.717) is 5.82 Å². The number of pyridine rings is 1. The van der Waals surface area contributed by atoms with Gasteiger partial charge in [0.15, 0.2) is 0 Å². The van der Waals surface area contributed by atoms with E-state index < -0.39 is 0 Å². The first-order chi connectivity index (χ1) is 7.74. The van der Waals surface area contributed by atoms with Crippen LogP contribution in [0.2, 0.25) is 0 Å². The molecule has 0 aliphatic carbocycles. The van der Waals surface area contributed by atoms with E-state index in [0.717, 1.165) is 24.9 Å². The second-order valence-corrected chi connectivity index (χ2v) is 3.90. The first kappa shape index (κ1) is 10.9. The van der Waals surface area contributed by atoms with Crippen LogP contribution in [0, 0.1) is 0 Å². The molecular formula is C11H15N3O2. The Labute approximate surface area is 93.9 Å². The Morgan fingerprint density at radius 2 is 2.50 bits per heavy atom. The zero-order valence-electron chi connectivity index (χ0n) is 8.97. The second-order valence-electron chi connectivity index (χ2n) is 3.90. The maximum atomic E-state index is 11.3. The number of nitrogens with zero attached hydrogens (tertiary/aromatic N) is 2. The van der Waals surface area contributed by atoms with Crippen molar-refractivity contribution in [2.24, 2.45) is 5.73 Å². The number of aliphatic hydroxyl groups is 1. The highest BCUT2D eigenvalue weighted by molar-refractivity contribution is 5.84. The van der Waals surface area contributed by atoms with Crippen molar-refractivity contribution in [3.63, 3.8) is 0 Å². The van der Waals surface area contributed by atoms with Gasteiger partial charge in [-0.25, -0.2) is 4.98 Å². The Balaban J connectivity index is 2.32. The van der Waals surface area contributed by atoms with E-state index in [4.69, 9.17) is 5.73 Å². The highest BCUT2D eigenvalue weighted by Gasteiger charge is 2.30. The van der Waals surface area contributed by atoms with Gasteiger partial charge in [-0.1, -0.05) is 6.07 Å². The van der Waals surface area contributed by atoms with Crippen molar-refractivity contribution >= 4 is 11.7 Å². The Morgan fingerprint density at radius 1 is 1.69 bits per heavy atom. The fraction of sp³-hybridized carbons (Fsp3) is 0.455. The minimum absolute atomic E-state index is 0.0782. The summed E-state index contributed by atoms with van der Waals surface area (Å²) in [5, 5.41) is 9.22. The number of rotatable bonds is 3. The van der Waals surface area contributed by atoms with Gasteiger partial charge in [0, 0.05) is 18.3 Å². The molecule has 86 valence electrons. The van der Waals surface area contributed by atoms with E-state index in [1.807, 2.05) is 4.90 Å². The molecule has 0 radical (unpaired) electrons. The van der Waals surface area contributed by atoms with Crippen molar-refractivity contribution in [1.82, 2.24) is 4.98 Å². The molecule has 1 aliphatic rings. The third kappa shape index (κ3) is 1.86. The van der Waals surface area contributed by atoms with Crippen LogP contribution in [0.15, 0.2) is 18.3 Å². The molecule has 1 aliphatic heterocycles. The number of aromatic nitrogens is 1. The molecule has 5 nitrogen and oxygen atoms in total. The van der Waals surface area contributed by atoms with Crippen LogP contribution in [0.3, 0.4) is 0 Å². The average molecular weight is 221 g/mol. The molecule has 1 aromatic heterocycles. The van der Waals surface area contributed by atoms with Gasteiger partial charge in [-0.05, 0) is 18.9 Å². The Kier molecular flexibility index (Phi) is 3.05. The summed E-state index contributed by atoms with van der Waals surface area (Å²) in [6.45, 7) is 0.683. The predicted molar refractivity (Wildman–Crippen MR) is 59.7 cm³/mol. The van der Waals surface area contributed by atoms with Crippen LogP contribution in [0.5, 0.6) is 0 Å². The standard InChI is InChI=1S/C11H15N3O2/c12-10(16)9-4-2-6-14(9)11-8(7-15)3-1-5-13-11/h1,3,5,9,15H,2,4,6-7H2,(H2,12,16). The molecule has 0 saturated carbocycles. The molecule has 1 atom stereocenters. The number of hydrogen-bond donors (Lipinski definition) is 2. The number of amides is 1. The number of carbonyl (C=O) groups excluding carboxylic acids is 1. The first-order valence-corrected chi connectivity index (χ1v) is 5.34. The molecule has 1 unspecified atom stereocenters. The molecule has 16 heavy (non-hydrogen) atoms. The summed E-state index contributed by atoms with van der Waals surface area (Å²) in [6.07, 6.45) is 3.34. The summed E-state index contributed by atoms with van der Waals surface area (Å²) >= 11 is 0. The topological polar surface area (TPSA) is 79.5 Å². The summed E-state index contributed by atoms with van der Waals surface area (Å²) in [6, 6.07) is 3.28. The first-order valence-electron chi connectivity index (χ1n) is 5.34. The van der Waals surface area contributed by atoms with Crippen molar-refractivity contribution in [2.45, 2.75) is 25.5 Å². The van der Waals surface area contributed by atoms with Crippen LogP contribution < -0.4 is 10.6 Å². The molecule has 1 aromatic rings. The summed E-state index contributed by atoms with van der Waals surface area (Å²) in [5.74, 6) is 0.346. The molecule has 5 heteroatoms.